The van der Waals surface area contributed by atoms with Crippen molar-refractivity contribution in [2.75, 3.05) is 37.6 Å². The van der Waals surface area contributed by atoms with Crippen LogP contribution in [0.15, 0.2) is 12.4 Å². The molecule has 0 saturated carbocycles. The third-order valence-electron chi connectivity index (χ3n) is 3.90. The Morgan fingerprint density at radius 1 is 1.25 bits per heavy atom. The predicted octanol–water partition coefficient (Wildman–Crippen LogP) is 1.51. The molecule has 0 amide bonds. The summed E-state index contributed by atoms with van der Waals surface area (Å²) in [5.74, 6) is 0.867. The number of likely N-dealkylation sites (N-methyl/N-ethyl adjacent to an activating group) is 1. The Labute approximate surface area is 122 Å². The van der Waals surface area contributed by atoms with Crippen molar-refractivity contribution in [2.24, 2.45) is 0 Å². The second-order valence-corrected chi connectivity index (χ2v) is 5.49. The number of nitrogens with one attached hydrogen (secondary N) is 1. The van der Waals surface area contributed by atoms with E-state index in [4.69, 9.17) is 0 Å². The van der Waals surface area contributed by atoms with E-state index in [0.29, 0.717) is 6.04 Å². The summed E-state index contributed by atoms with van der Waals surface area (Å²) in [6.07, 6.45) is 5.04. The van der Waals surface area contributed by atoms with E-state index >= 15 is 0 Å². The van der Waals surface area contributed by atoms with Gasteiger partial charge in [-0.15, -0.1) is 0 Å². The number of piperazine rings is 1. The smallest absolute Gasteiger partial charge is 0.225 e. The Hall–Kier alpha value is -1.20. The van der Waals surface area contributed by atoms with Gasteiger partial charge in [0.05, 0.1) is 0 Å². The molecule has 2 heterocycles. The average molecular weight is 277 g/mol. The molecule has 1 aliphatic rings. The molecule has 1 aliphatic heterocycles. The molecule has 1 saturated heterocycles. The van der Waals surface area contributed by atoms with Gasteiger partial charge in [0, 0.05) is 50.2 Å². The number of nitrogens with zero attached hydrogens (tertiary/aromatic N) is 4. The van der Waals surface area contributed by atoms with Crippen LogP contribution in [0.1, 0.15) is 32.8 Å². The van der Waals surface area contributed by atoms with Crippen molar-refractivity contribution in [3.8, 4) is 0 Å². The van der Waals surface area contributed by atoms with Gasteiger partial charge < -0.3 is 10.2 Å². The predicted molar refractivity (Wildman–Crippen MR) is 83.0 cm³/mol. The van der Waals surface area contributed by atoms with Crippen molar-refractivity contribution in [1.82, 2.24) is 20.2 Å². The molecule has 1 aromatic rings. The van der Waals surface area contributed by atoms with E-state index in [1.165, 1.54) is 0 Å². The molecule has 0 aromatic carbocycles. The molecule has 0 radical (unpaired) electrons. The third kappa shape index (κ3) is 3.90. The summed E-state index contributed by atoms with van der Waals surface area (Å²) in [5, 5.41) is 3.37. The van der Waals surface area contributed by atoms with Crippen molar-refractivity contribution < 1.29 is 0 Å². The Morgan fingerprint density at radius 2 is 2.00 bits per heavy atom. The Morgan fingerprint density at radius 3 is 2.60 bits per heavy atom. The zero-order chi connectivity index (χ0) is 14.4. The van der Waals surface area contributed by atoms with E-state index in [2.05, 4.69) is 45.9 Å². The summed E-state index contributed by atoms with van der Waals surface area (Å²) < 4.78 is 0. The Kier molecular flexibility index (Phi) is 5.73. The maximum atomic E-state index is 4.52. The highest BCUT2D eigenvalue weighted by Crippen LogP contribution is 2.14. The number of anilines is 1. The lowest BCUT2D eigenvalue weighted by molar-refractivity contribution is 0.198. The molecule has 1 fully saturated rings. The molecule has 1 unspecified atom stereocenters. The van der Waals surface area contributed by atoms with E-state index in [1.807, 2.05) is 12.4 Å². The average Bonchev–Trinajstić information content (AvgIpc) is 2.48. The zero-order valence-corrected chi connectivity index (χ0v) is 13.0. The van der Waals surface area contributed by atoms with Crippen LogP contribution in [0.4, 0.5) is 5.95 Å². The van der Waals surface area contributed by atoms with E-state index < -0.39 is 0 Å². The normalized spacial score (nSPS) is 20.4. The fourth-order valence-electron chi connectivity index (χ4n) is 2.66. The van der Waals surface area contributed by atoms with E-state index in [-0.39, 0.29) is 0 Å². The van der Waals surface area contributed by atoms with Gasteiger partial charge in [0.15, 0.2) is 0 Å². The summed E-state index contributed by atoms with van der Waals surface area (Å²) in [4.78, 5) is 13.8. The molecule has 5 nitrogen and oxygen atoms in total. The second-order valence-electron chi connectivity index (χ2n) is 5.49. The highest BCUT2D eigenvalue weighted by molar-refractivity contribution is 5.31. The lowest BCUT2D eigenvalue weighted by Gasteiger charge is -2.39. The first-order valence-electron chi connectivity index (χ1n) is 7.75. The van der Waals surface area contributed by atoms with Gasteiger partial charge in [0.2, 0.25) is 5.95 Å². The minimum absolute atomic E-state index is 0.572. The summed E-state index contributed by atoms with van der Waals surface area (Å²) in [6, 6.07) is 0.572. The Bertz CT molecular complexity index is 392. The summed E-state index contributed by atoms with van der Waals surface area (Å²) in [5.41, 5.74) is 1.16. The first kappa shape index (κ1) is 15.2. The standard InChI is InChI=1S/C15H27N5/c1-4-6-16-9-14-10-17-15(18-11-14)20-8-7-19(5-2)13(3)12-20/h10-11,13,16H,4-9,12H2,1-3H3. The van der Waals surface area contributed by atoms with Crippen LogP contribution in [0.3, 0.4) is 0 Å². The summed E-state index contributed by atoms with van der Waals surface area (Å²) >= 11 is 0. The minimum Gasteiger partial charge on any atom is -0.338 e. The van der Waals surface area contributed by atoms with Gasteiger partial charge in [0.1, 0.15) is 0 Å². The molecule has 20 heavy (non-hydrogen) atoms. The van der Waals surface area contributed by atoms with Crippen molar-refractivity contribution in [2.45, 2.75) is 39.8 Å². The zero-order valence-electron chi connectivity index (χ0n) is 13.0. The molecule has 1 aromatic heterocycles. The third-order valence-corrected chi connectivity index (χ3v) is 3.90. The van der Waals surface area contributed by atoms with Crippen molar-refractivity contribution in [3.63, 3.8) is 0 Å². The van der Waals surface area contributed by atoms with Gasteiger partial charge in [-0.25, -0.2) is 9.97 Å². The highest BCUT2D eigenvalue weighted by atomic mass is 15.3. The van der Waals surface area contributed by atoms with Gasteiger partial charge in [-0.05, 0) is 26.4 Å². The molecule has 5 heteroatoms. The van der Waals surface area contributed by atoms with Crippen LogP contribution in [0.5, 0.6) is 0 Å². The SMILES string of the molecule is CCCNCc1cnc(N2CCN(CC)C(C)C2)nc1. The fraction of sp³-hybridized carbons (Fsp3) is 0.733. The van der Waals surface area contributed by atoms with Gasteiger partial charge in [-0.3, -0.25) is 4.90 Å². The lowest BCUT2D eigenvalue weighted by Crippen LogP contribution is -2.52. The van der Waals surface area contributed by atoms with Crippen molar-refractivity contribution in [3.05, 3.63) is 18.0 Å². The van der Waals surface area contributed by atoms with E-state index in [0.717, 1.165) is 57.2 Å². The maximum absolute atomic E-state index is 4.52. The van der Waals surface area contributed by atoms with Crippen LogP contribution in [0.25, 0.3) is 0 Å². The quantitative estimate of drug-likeness (QED) is 0.799. The van der Waals surface area contributed by atoms with Crippen LogP contribution in [-0.4, -0.2) is 53.6 Å². The molecular weight excluding hydrogens is 250 g/mol. The van der Waals surface area contributed by atoms with Crippen molar-refractivity contribution in [1.29, 1.82) is 0 Å². The molecule has 0 aliphatic carbocycles. The maximum Gasteiger partial charge on any atom is 0.225 e. The van der Waals surface area contributed by atoms with Crippen LogP contribution in [0.2, 0.25) is 0 Å². The van der Waals surface area contributed by atoms with Gasteiger partial charge in [-0.2, -0.15) is 0 Å². The Balaban J connectivity index is 1.90. The molecular formula is C15H27N5. The van der Waals surface area contributed by atoms with E-state index in [1.54, 1.807) is 0 Å². The van der Waals surface area contributed by atoms with Gasteiger partial charge >= 0.3 is 0 Å². The van der Waals surface area contributed by atoms with Gasteiger partial charge in [-0.1, -0.05) is 13.8 Å². The first-order chi connectivity index (χ1) is 9.74. The van der Waals surface area contributed by atoms with Crippen LogP contribution in [0, 0.1) is 0 Å². The van der Waals surface area contributed by atoms with Crippen LogP contribution < -0.4 is 10.2 Å². The highest BCUT2D eigenvalue weighted by Gasteiger charge is 2.23. The number of aromatic nitrogens is 2. The monoisotopic (exact) mass is 277 g/mol. The number of rotatable bonds is 6. The molecule has 1 N–H and O–H groups in total. The molecule has 0 bridgehead atoms. The van der Waals surface area contributed by atoms with E-state index in [9.17, 15) is 0 Å². The largest absolute Gasteiger partial charge is 0.338 e. The molecule has 112 valence electrons. The summed E-state index contributed by atoms with van der Waals surface area (Å²) in [6.45, 7) is 12.8. The van der Waals surface area contributed by atoms with Crippen LogP contribution in [-0.2, 0) is 6.54 Å². The molecule has 1 atom stereocenters. The molecule has 0 spiro atoms. The number of hydrogen-bond donors (Lipinski definition) is 1. The number of hydrogen-bond acceptors (Lipinski definition) is 5. The van der Waals surface area contributed by atoms with Crippen LogP contribution >= 0.6 is 0 Å². The fourth-order valence-corrected chi connectivity index (χ4v) is 2.66. The summed E-state index contributed by atoms with van der Waals surface area (Å²) in [7, 11) is 0. The first-order valence-corrected chi connectivity index (χ1v) is 7.75. The second kappa shape index (κ2) is 7.55. The van der Waals surface area contributed by atoms with Crippen molar-refractivity contribution >= 4 is 5.95 Å². The minimum atomic E-state index is 0.572. The topological polar surface area (TPSA) is 44.3 Å². The lowest BCUT2D eigenvalue weighted by atomic mass is 10.2. The van der Waals surface area contributed by atoms with Gasteiger partial charge in [0.25, 0.3) is 0 Å². The molecule has 2 rings (SSSR count).